The molecule has 0 saturated carbocycles. The fraction of sp³-hybridized carbons (Fsp3) is 0.0769. The average molecular weight is 213 g/mol. The van der Waals surface area contributed by atoms with Gasteiger partial charge in [-0.05, 0) is 30.7 Å². The Morgan fingerprint density at radius 1 is 1.12 bits per heavy atom. The minimum absolute atomic E-state index is 0.311. The number of esters is 1. The summed E-state index contributed by atoms with van der Waals surface area (Å²) in [6.07, 6.45) is 1.56. The van der Waals surface area contributed by atoms with Crippen molar-refractivity contribution in [2.24, 2.45) is 0 Å². The van der Waals surface area contributed by atoms with Crippen LogP contribution in [-0.4, -0.2) is 11.0 Å². The van der Waals surface area contributed by atoms with Crippen LogP contribution < -0.4 is 4.74 Å². The number of pyridine rings is 1. The van der Waals surface area contributed by atoms with Gasteiger partial charge < -0.3 is 4.74 Å². The summed E-state index contributed by atoms with van der Waals surface area (Å²) in [5.74, 6) is 0.132. The van der Waals surface area contributed by atoms with Crippen LogP contribution in [0.25, 0.3) is 0 Å². The van der Waals surface area contributed by atoms with E-state index >= 15 is 0 Å². The fourth-order valence-corrected chi connectivity index (χ4v) is 1.31. The highest BCUT2D eigenvalue weighted by Crippen LogP contribution is 2.17. The van der Waals surface area contributed by atoms with E-state index in [4.69, 9.17) is 4.74 Å². The summed E-state index contributed by atoms with van der Waals surface area (Å²) in [4.78, 5) is 15.6. The monoisotopic (exact) mass is 213 g/mol. The number of para-hydroxylation sites is 1. The first-order valence-electron chi connectivity index (χ1n) is 4.96. The minimum Gasteiger partial charge on any atom is -0.422 e. The van der Waals surface area contributed by atoms with Gasteiger partial charge in [0.1, 0.15) is 11.4 Å². The van der Waals surface area contributed by atoms with E-state index in [1.165, 1.54) is 0 Å². The second-order valence-corrected chi connectivity index (χ2v) is 3.37. The molecule has 0 atom stereocenters. The molecule has 0 aliphatic heterocycles. The minimum atomic E-state index is -0.435. The standard InChI is InChI=1S/C13H11NO2/c1-10-6-2-3-8-12(10)16-13(15)11-7-4-5-9-14-11/h2-9H,1H3. The van der Waals surface area contributed by atoms with E-state index in [2.05, 4.69) is 4.98 Å². The van der Waals surface area contributed by atoms with Gasteiger partial charge in [0.2, 0.25) is 0 Å². The van der Waals surface area contributed by atoms with Crippen LogP contribution in [0.4, 0.5) is 0 Å². The summed E-state index contributed by atoms with van der Waals surface area (Å²) in [5, 5.41) is 0. The maximum absolute atomic E-state index is 11.7. The van der Waals surface area contributed by atoms with Gasteiger partial charge in [0.25, 0.3) is 0 Å². The number of hydrogen-bond acceptors (Lipinski definition) is 3. The molecule has 0 fully saturated rings. The van der Waals surface area contributed by atoms with Crippen molar-refractivity contribution in [1.82, 2.24) is 4.98 Å². The molecule has 0 spiro atoms. The molecule has 0 aliphatic carbocycles. The predicted molar refractivity (Wildman–Crippen MR) is 60.4 cm³/mol. The molecular weight excluding hydrogens is 202 g/mol. The van der Waals surface area contributed by atoms with Crippen molar-refractivity contribution < 1.29 is 9.53 Å². The van der Waals surface area contributed by atoms with E-state index in [0.29, 0.717) is 11.4 Å². The molecule has 0 bridgehead atoms. The second-order valence-electron chi connectivity index (χ2n) is 3.37. The number of aryl methyl sites for hydroxylation is 1. The van der Waals surface area contributed by atoms with Crippen LogP contribution in [-0.2, 0) is 0 Å². The SMILES string of the molecule is Cc1ccccc1OC(=O)c1ccccn1. The van der Waals surface area contributed by atoms with Crippen LogP contribution in [0.3, 0.4) is 0 Å². The lowest BCUT2D eigenvalue weighted by atomic mass is 10.2. The van der Waals surface area contributed by atoms with Crippen LogP contribution in [0.1, 0.15) is 16.1 Å². The summed E-state index contributed by atoms with van der Waals surface area (Å²) in [6, 6.07) is 12.5. The first-order chi connectivity index (χ1) is 7.77. The molecule has 1 heterocycles. The number of benzene rings is 1. The summed E-state index contributed by atoms with van der Waals surface area (Å²) in [6.45, 7) is 1.89. The van der Waals surface area contributed by atoms with Gasteiger partial charge in [-0.15, -0.1) is 0 Å². The van der Waals surface area contributed by atoms with Gasteiger partial charge in [-0.3, -0.25) is 0 Å². The molecule has 0 amide bonds. The lowest BCUT2D eigenvalue weighted by Gasteiger charge is -2.05. The predicted octanol–water partition coefficient (Wildman–Crippen LogP) is 2.61. The maximum Gasteiger partial charge on any atom is 0.362 e. The Morgan fingerprint density at radius 2 is 1.88 bits per heavy atom. The van der Waals surface area contributed by atoms with Gasteiger partial charge in [0.05, 0.1) is 0 Å². The smallest absolute Gasteiger partial charge is 0.362 e. The van der Waals surface area contributed by atoms with E-state index in [0.717, 1.165) is 5.56 Å². The van der Waals surface area contributed by atoms with Crippen LogP contribution in [0, 0.1) is 6.92 Å². The molecule has 3 heteroatoms. The molecule has 16 heavy (non-hydrogen) atoms. The average Bonchev–Trinajstić information content (AvgIpc) is 2.33. The van der Waals surface area contributed by atoms with E-state index in [1.54, 1.807) is 30.5 Å². The Kier molecular flexibility index (Phi) is 2.96. The van der Waals surface area contributed by atoms with Gasteiger partial charge in [-0.1, -0.05) is 24.3 Å². The Balaban J connectivity index is 2.18. The van der Waals surface area contributed by atoms with Gasteiger partial charge in [-0.2, -0.15) is 0 Å². The van der Waals surface area contributed by atoms with Gasteiger partial charge in [0, 0.05) is 6.20 Å². The normalized spacial score (nSPS) is 9.81. The zero-order valence-corrected chi connectivity index (χ0v) is 8.88. The molecule has 2 aromatic rings. The second kappa shape index (κ2) is 4.57. The quantitative estimate of drug-likeness (QED) is 0.568. The molecular formula is C13H11NO2. The first-order valence-corrected chi connectivity index (χ1v) is 4.96. The van der Waals surface area contributed by atoms with Crippen molar-refractivity contribution in [1.29, 1.82) is 0 Å². The molecule has 0 radical (unpaired) electrons. The third kappa shape index (κ3) is 2.25. The number of carbonyl (C=O) groups is 1. The van der Waals surface area contributed by atoms with Gasteiger partial charge in [-0.25, -0.2) is 9.78 Å². The van der Waals surface area contributed by atoms with E-state index < -0.39 is 5.97 Å². The molecule has 1 aromatic carbocycles. The zero-order valence-electron chi connectivity index (χ0n) is 8.88. The largest absolute Gasteiger partial charge is 0.422 e. The third-order valence-corrected chi connectivity index (χ3v) is 2.17. The maximum atomic E-state index is 11.7. The topological polar surface area (TPSA) is 39.2 Å². The molecule has 80 valence electrons. The highest BCUT2D eigenvalue weighted by molar-refractivity contribution is 5.89. The summed E-state index contributed by atoms with van der Waals surface area (Å²) < 4.78 is 5.23. The Morgan fingerprint density at radius 3 is 2.56 bits per heavy atom. The number of carbonyl (C=O) groups excluding carboxylic acids is 1. The summed E-state index contributed by atoms with van der Waals surface area (Å²) >= 11 is 0. The summed E-state index contributed by atoms with van der Waals surface area (Å²) in [7, 11) is 0. The fourth-order valence-electron chi connectivity index (χ4n) is 1.31. The number of ether oxygens (including phenoxy) is 1. The molecule has 3 nitrogen and oxygen atoms in total. The Labute approximate surface area is 93.7 Å². The number of hydrogen-bond donors (Lipinski definition) is 0. The first kappa shape index (κ1) is 10.4. The van der Waals surface area contributed by atoms with Crippen molar-refractivity contribution in [3.8, 4) is 5.75 Å². The highest BCUT2D eigenvalue weighted by atomic mass is 16.5. The van der Waals surface area contributed by atoms with Crippen LogP contribution >= 0.6 is 0 Å². The van der Waals surface area contributed by atoms with Crippen LogP contribution in [0.15, 0.2) is 48.7 Å². The lowest BCUT2D eigenvalue weighted by molar-refractivity contribution is 0.0727. The molecule has 0 aliphatic rings. The van der Waals surface area contributed by atoms with Crippen molar-refractivity contribution >= 4 is 5.97 Å². The van der Waals surface area contributed by atoms with E-state index in [9.17, 15) is 4.79 Å². The molecule has 0 unspecified atom stereocenters. The molecule has 0 N–H and O–H groups in total. The van der Waals surface area contributed by atoms with Gasteiger partial charge >= 0.3 is 5.97 Å². The zero-order chi connectivity index (χ0) is 11.4. The Hall–Kier alpha value is -2.16. The van der Waals surface area contributed by atoms with E-state index in [1.807, 2.05) is 25.1 Å². The van der Waals surface area contributed by atoms with E-state index in [-0.39, 0.29) is 0 Å². The van der Waals surface area contributed by atoms with Crippen LogP contribution in [0.5, 0.6) is 5.75 Å². The van der Waals surface area contributed by atoms with Gasteiger partial charge in [0.15, 0.2) is 0 Å². The molecule has 2 rings (SSSR count). The highest BCUT2D eigenvalue weighted by Gasteiger charge is 2.10. The van der Waals surface area contributed by atoms with Crippen LogP contribution in [0.2, 0.25) is 0 Å². The van der Waals surface area contributed by atoms with Crippen molar-refractivity contribution in [3.05, 3.63) is 59.9 Å². The number of rotatable bonds is 2. The van der Waals surface area contributed by atoms with Crippen molar-refractivity contribution in [3.63, 3.8) is 0 Å². The Bertz CT molecular complexity index is 494. The number of nitrogens with zero attached hydrogens (tertiary/aromatic N) is 1. The third-order valence-electron chi connectivity index (χ3n) is 2.17. The number of aromatic nitrogens is 1. The lowest BCUT2D eigenvalue weighted by Crippen LogP contribution is -2.10. The summed E-state index contributed by atoms with van der Waals surface area (Å²) in [5.41, 5.74) is 1.23. The molecule has 0 saturated heterocycles. The van der Waals surface area contributed by atoms with Crippen molar-refractivity contribution in [2.75, 3.05) is 0 Å². The molecule has 1 aromatic heterocycles. The van der Waals surface area contributed by atoms with Crippen molar-refractivity contribution in [2.45, 2.75) is 6.92 Å².